The van der Waals surface area contributed by atoms with Crippen molar-refractivity contribution in [1.29, 1.82) is 0 Å². The van der Waals surface area contributed by atoms with E-state index in [1.165, 1.54) is 23.5 Å². The molecule has 3 heterocycles. The molecule has 0 unspecified atom stereocenters. The lowest BCUT2D eigenvalue weighted by atomic mass is 10.1. The number of hydrogen-bond donors (Lipinski definition) is 1. The van der Waals surface area contributed by atoms with Crippen molar-refractivity contribution in [3.05, 3.63) is 63.4 Å². The van der Waals surface area contributed by atoms with E-state index in [4.69, 9.17) is 4.42 Å². The third kappa shape index (κ3) is 2.82. The molecular formula is C16H11N5O4S. The molecule has 130 valence electrons. The Bertz CT molecular complexity index is 1130. The van der Waals surface area contributed by atoms with Crippen LogP contribution >= 0.6 is 11.3 Å². The number of amides is 1. The summed E-state index contributed by atoms with van der Waals surface area (Å²) in [5.74, 6) is 0.526. The fourth-order valence-electron chi connectivity index (χ4n) is 2.41. The standard InChI is InChI=1S/C16H11N5O4S/c1-9-2-7-13(25-9)14(22)17-15-18-16-20(19-15)12(8-26-16)10-3-5-11(6-4-10)21(23)24/h2-8H,1H3,(H,17,19,22). The molecule has 4 aromatic rings. The fourth-order valence-corrected chi connectivity index (χ4v) is 3.24. The Kier molecular flexibility index (Phi) is 3.73. The van der Waals surface area contributed by atoms with Gasteiger partial charge in [0.1, 0.15) is 5.76 Å². The molecular weight excluding hydrogens is 358 g/mol. The summed E-state index contributed by atoms with van der Waals surface area (Å²) in [5, 5.41) is 19.5. The first-order valence-electron chi connectivity index (χ1n) is 7.48. The van der Waals surface area contributed by atoms with Crippen molar-refractivity contribution in [1.82, 2.24) is 14.6 Å². The Morgan fingerprint density at radius 1 is 1.27 bits per heavy atom. The number of rotatable bonds is 4. The molecule has 0 aliphatic carbocycles. The van der Waals surface area contributed by atoms with E-state index in [1.54, 1.807) is 35.7 Å². The smallest absolute Gasteiger partial charge is 0.293 e. The molecule has 0 atom stereocenters. The number of non-ortho nitro benzene ring substituents is 1. The van der Waals surface area contributed by atoms with Crippen LogP contribution in [0.3, 0.4) is 0 Å². The van der Waals surface area contributed by atoms with Gasteiger partial charge in [0.2, 0.25) is 4.96 Å². The van der Waals surface area contributed by atoms with Crippen LogP contribution in [0, 0.1) is 17.0 Å². The predicted octanol–water partition coefficient (Wildman–Crippen LogP) is 3.52. The van der Waals surface area contributed by atoms with Crippen LogP contribution in [0.4, 0.5) is 11.6 Å². The Morgan fingerprint density at radius 2 is 2.04 bits per heavy atom. The van der Waals surface area contributed by atoms with Crippen LogP contribution in [-0.4, -0.2) is 25.4 Å². The second-order valence-corrected chi connectivity index (χ2v) is 6.26. The quantitative estimate of drug-likeness (QED) is 0.435. The molecule has 1 aromatic carbocycles. The number of furan rings is 1. The summed E-state index contributed by atoms with van der Waals surface area (Å²) < 4.78 is 6.85. The maximum absolute atomic E-state index is 12.1. The molecule has 0 bridgehead atoms. The number of nitrogens with one attached hydrogen (secondary N) is 1. The molecule has 0 aliphatic rings. The molecule has 0 radical (unpaired) electrons. The lowest BCUT2D eigenvalue weighted by molar-refractivity contribution is -0.384. The van der Waals surface area contributed by atoms with E-state index >= 15 is 0 Å². The first-order chi connectivity index (χ1) is 12.5. The van der Waals surface area contributed by atoms with Crippen LogP contribution in [0.2, 0.25) is 0 Å². The predicted molar refractivity (Wildman–Crippen MR) is 94.4 cm³/mol. The van der Waals surface area contributed by atoms with E-state index in [1.807, 2.05) is 5.38 Å². The number of nitro benzene ring substituents is 1. The highest BCUT2D eigenvalue weighted by molar-refractivity contribution is 7.15. The molecule has 26 heavy (non-hydrogen) atoms. The minimum atomic E-state index is -0.452. The number of aromatic nitrogens is 3. The van der Waals surface area contributed by atoms with Gasteiger partial charge in [0.25, 0.3) is 17.5 Å². The molecule has 0 fully saturated rings. The van der Waals surface area contributed by atoms with Gasteiger partial charge in [-0.05, 0) is 31.2 Å². The van der Waals surface area contributed by atoms with E-state index in [2.05, 4.69) is 15.4 Å². The summed E-state index contributed by atoms with van der Waals surface area (Å²) in [7, 11) is 0. The summed E-state index contributed by atoms with van der Waals surface area (Å²) in [6.07, 6.45) is 0. The van der Waals surface area contributed by atoms with Crippen molar-refractivity contribution < 1.29 is 14.1 Å². The number of nitrogens with zero attached hydrogens (tertiary/aromatic N) is 4. The second kappa shape index (κ2) is 6.08. The van der Waals surface area contributed by atoms with Gasteiger partial charge in [-0.1, -0.05) is 0 Å². The van der Waals surface area contributed by atoms with Crippen LogP contribution < -0.4 is 5.32 Å². The van der Waals surface area contributed by atoms with Gasteiger partial charge in [-0.2, -0.15) is 4.98 Å². The summed E-state index contributed by atoms with van der Waals surface area (Å²) in [6.45, 7) is 1.75. The molecule has 0 aliphatic heterocycles. The van der Waals surface area contributed by atoms with E-state index in [0.717, 1.165) is 11.3 Å². The highest BCUT2D eigenvalue weighted by Gasteiger charge is 2.16. The zero-order chi connectivity index (χ0) is 18.3. The van der Waals surface area contributed by atoms with Gasteiger partial charge in [-0.15, -0.1) is 16.4 Å². The van der Waals surface area contributed by atoms with Crippen LogP contribution in [0.5, 0.6) is 0 Å². The van der Waals surface area contributed by atoms with E-state index in [-0.39, 0.29) is 17.4 Å². The van der Waals surface area contributed by atoms with Crippen molar-refractivity contribution >= 4 is 33.8 Å². The first kappa shape index (κ1) is 16.0. The first-order valence-corrected chi connectivity index (χ1v) is 8.36. The van der Waals surface area contributed by atoms with Gasteiger partial charge >= 0.3 is 0 Å². The summed E-state index contributed by atoms with van der Waals surface area (Å²) in [4.78, 5) is 27.3. The van der Waals surface area contributed by atoms with E-state index in [0.29, 0.717) is 10.7 Å². The third-order valence-electron chi connectivity index (χ3n) is 3.64. The number of nitro groups is 1. The number of carbonyl (C=O) groups excluding carboxylic acids is 1. The highest BCUT2D eigenvalue weighted by Crippen LogP contribution is 2.27. The van der Waals surface area contributed by atoms with Gasteiger partial charge in [-0.3, -0.25) is 20.2 Å². The molecule has 9 nitrogen and oxygen atoms in total. The maximum atomic E-state index is 12.1. The Labute approximate surface area is 150 Å². The van der Waals surface area contributed by atoms with Gasteiger partial charge in [0.05, 0.1) is 10.6 Å². The molecule has 1 amide bonds. The van der Waals surface area contributed by atoms with Gasteiger partial charge in [0, 0.05) is 23.1 Å². The van der Waals surface area contributed by atoms with Crippen molar-refractivity contribution in [2.75, 3.05) is 5.32 Å². The van der Waals surface area contributed by atoms with Gasteiger partial charge in [-0.25, -0.2) is 4.52 Å². The lowest BCUT2D eigenvalue weighted by Gasteiger charge is -1.99. The molecule has 0 saturated heterocycles. The average molecular weight is 369 g/mol. The van der Waals surface area contributed by atoms with Crippen molar-refractivity contribution in [3.8, 4) is 11.3 Å². The summed E-state index contributed by atoms with van der Waals surface area (Å²) in [6, 6.07) is 9.41. The number of thiazole rings is 1. The SMILES string of the molecule is Cc1ccc(C(=O)Nc2nc3scc(-c4ccc([N+](=O)[O-])cc4)n3n2)o1. The van der Waals surface area contributed by atoms with Crippen LogP contribution in [0.1, 0.15) is 16.3 Å². The number of hydrogen-bond acceptors (Lipinski definition) is 7. The van der Waals surface area contributed by atoms with E-state index < -0.39 is 10.8 Å². The van der Waals surface area contributed by atoms with Gasteiger partial charge < -0.3 is 4.42 Å². The Morgan fingerprint density at radius 3 is 2.69 bits per heavy atom. The number of aryl methyl sites for hydroxylation is 1. The second-order valence-electron chi connectivity index (χ2n) is 5.42. The topological polar surface area (TPSA) is 116 Å². The van der Waals surface area contributed by atoms with E-state index in [9.17, 15) is 14.9 Å². The largest absolute Gasteiger partial charge is 0.456 e. The van der Waals surface area contributed by atoms with Crippen LogP contribution in [0.25, 0.3) is 16.2 Å². The van der Waals surface area contributed by atoms with Gasteiger partial charge in [0.15, 0.2) is 5.76 Å². The molecule has 10 heteroatoms. The zero-order valence-electron chi connectivity index (χ0n) is 13.4. The average Bonchev–Trinajstić information content (AvgIpc) is 3.30. The number of benzene rings is 1. The summed E-state index contributed by atoms with van der Waals surface area (Å²) >= 11 is 1.35. The Balaban J connectivity index is 1.62. The number of carbonyl (C=O) groups is 1. The van der Waals surface area contributed by atoms with Crippen LogP contribution in [0.15, 0.2) is 46.2 Å². The third-order valence-corrected chi connectivity index (χ3v) is 4.46. The normalized spacial score (nSPS) is 11.0. The minimum Gasteiger partial charge on any atom is -0.456 e. The molecule has 4 rings (SSSR count). The van der Waals surface area contributed by atoms with Crippen molar-refractivity contribution in [2.24, 2.45) is 0 Å². The highest BCUT2D eigenvalue weighted by atomic mass is 32.1. The maximum Gasteiger partial charge on any atom is 0.293 e. The Hall–Kier alpha value is -3.53. The zero-order valence-corrected chi connectivity index (χ0v) is 14.2. The molecule has 0 saturated carbocycles. The lowest BCUT2D eigenvalue weighted by Crippen LogP contribution is -2.12. The molecule has 0 spiro atoms. The van der Waals surface area contributed by atoms with Crippen molar-refractivity contribution in [2.45, 2.75) is 6.92 Å². The van der Waals surface area contributed by atoms with Crippen LogP contribution in [-0.2, 0) is 0 Å². The number of anilines is 1. The fraction of sp³-hybridized carbons (Fsp3) is 0.0625. The van der Waals surface area contributed by atoms with Crippen molar-refractivity contribution in [3.63, 3.8) is 0 Å². The number of fused-ring (bicyclic) bond motifs is 1. The molecule has 3 aromatic heterocycles. The summed E-state index contributed by atoms with van der Waals surface area (Å²) in [5.41, 5.74) is 1.49. The monoisotopic (exact) mass is 369 g/mol. The molecule has 1 N–H and O–H groups in total. The minimum absolute atomic E-state index is 0.0144.